The van der Waals surface area contributed by atoms with Gasteiger partial charge in [0, 0.05) is 25.0 Å². The van der Waals surface area contributed by atoms with Gasteiger partial charge in [0.05, 0.1) is 5.60 Å². The molecule has 0 saturated heterocycles. The first-order valence-corrected chi connectivity index (χ1v) is 10.1. The van der Waals surface area contributed by atoms with Gasteiger partial charge in [-0.1, -0.05) is 44.2 Å². The summed E-state index contributed by atoms with van der Waals surface area (Å²) in [4.78, 5) is 28.9. The van der Waals surface area contributed by atoms with Crippen molar-refractivity contribution in [1.82, 2.24) is 10.8 Å². The first-order chi connectivity index (χ1) is 13.4. The molecule has 0 aliphatic rings. The molecule has 0 aliphatic carbocycles. The van der Waals surface area contributed by atoms with Crippen molar-refractivity contribution >= 4 is 11.9 Å². The lowest BCUT2D eigenvalue weighted by Crippen LogP contribution is -2.47. The summed E-state index contributed by atoms with van der Waals surface area (Å²) in [6.45, 7) is 9.59. The summed E-state index contributed by atoms with van der Waals surface area (Å²) in [6, 6.07) is 8.90. The van der Waals surface area contributed by atoms with Crippen LogP contribution in [-0.2, 0) is 16.1 Å². The summed E-state index contributed by atoms with van der Waals surface area (Å²) in [5, 5.41) is 12.8. The van der Waals surface area contributed by atoms with E-state index in [9.17, 15) is 14.7 Å². The SMILES string of the molecule is CC(C)(CCC(=O)NOC(C)(C)C)CC(NC(N)=O)[C@@H](CO)Cc1ccccc1. The summed E-state index contributed by atoms with van der Waals surface area (Å²) in [7, 11) is 0. The number of aliphatic hydroxyl groups excluding tert-OH is 1. The molecule has 0 spiro atoms. The number of carbonyl (C=O) groups is 2. The Kier molecular flexibility index (Phi) is 9.59. The van der Waals surface area contributed by atoms with Crippen molar-refractivity contribution in [1.29, 1.82) is 0 Å². The van der Waals surface area contributed by atoms with Gasteiger partial charge in [-0.05, 0) is 51.0 Å². The molecular weight excluding hydrogens is 370 g/mol. The number of nitrogens with two attached hydrogens (primary N) is 1. The van der Waals surface area contributed by atoms with Gasteiger partial charge >= 0.3 is 6.03 Å². The van der Waals surface area contributed by atoms with Gasteiger partial charge in [0.1, 0.15) is 0 Å². The molecule has 164 valence electrons. The molecule has 0 radical (unpaired) electrons. The Morgan fingerprint density at radius 3 is 2.28 bits per heavy atom. The van der Waals surface area contributed by atoms with E-state index >= 15 is 0 Å². The van der Waals surface area contributed by atoms with Crippen molar-refractivity contribution in [3.63, 3.8) is 0 Å². The lowest BCUT2D eigenvalue weighted by molar-refractivity contribution is -0.146. The van der Waals surface area contributed by atoms with Gasteiger partial charge in [0.2, 0.25) is 5.91 Å². The molecule has 1 rings (SSSR count). The van der Waals surface area contributed by atoms with Crippen LogP contribution in [0.2, 0.25) is 0 Å². The zero-order chi connectivity index (χ0) is 22.1. The van der Waals surface area contributed by atoms with Crippen LogP contribution in [0.5, 0.6) is 0 Å². The number of hydrogen-bond donors (Lipinski definition) is 4. The fourth-order valence-electron chi connectivity index (χ4n) is 3.18. The zero-order valence-electron chi connectivity index (χ0n) is 18.3. The van der Waals surface area contributed by atoms with Crippen molar-refractivity contribution < 1.29 is 19.5 Å². The molecule has 1 aromatic carbocycles. The van der Waals surface area contributed by atoms with E-state index in [-0.39, 0.29) is 29.9 Å². The second-order valence-corrected chi connectivity index (χ2v) is 9.36. The van der Waals surface area contributed by atoms with E-state index in [1.807, 2.05) is 65.0 Å². The number of carbonyl (C=O) groups excluding carboxylic acids is 2. The van der Waals surface area contributed by atoms with Crippen LogP contribution in [0.15, 0.2) is 30.3 Å². The highest BCUT2D eigenvalue weighted by Gasteiger charge is 2.30. The number of amides is 3. The van der Waals surface area contributed by atoms with E-state index in [2.05, 4.69) is 10.8 Å². The van der Waals surface area contributed by atoms with E-state index in [1.165, 1.54) is 0 Å². The second kappa shape index (κ2) is 11.2. The fraction of sp³-hybridized carbons (Fsp3) is 0.636. The maximum Gasteiger partial charge on any atom is 0.312 e. The van der Waals surface area contributed by atoms with Crippen LogP contribution < -0.4 is 16.5 Å². The smallest absolute Gasteiger partial charge is 0.312 e. The minimum absolute atomic E-state index is 0.0736. The maximum absolute atomic E-state index is 12.1. The Labute approximate surface area is 174 Å². The van der Waals surface area contributed by atoms with Gasteiger partial charge in [-0.3, -0.25) is 9.63 Å². The molecule has 1 aromatic rings. The normalized spacial score (nSPS) is 14.1. The Morgan fingerprint density at radius 1 is 1.14 bits per heavy atom. The molecule has 3 amide bonds. The summed E-state index contributed by atoms with van der Waals surface area (Å²) >= 11 is 0. The van der Waals surface area contributed by atoms with Gasteiger partial charge in [0.15, 0.2) is 0 Å². The summed E-state index contributed by atoms with van der Waals surface area (Å²) in [6.07, 6.45) is 2.11. The van der Waals surface area contributed by atoms with Crippen molar-refractivity contribution in [2.24, 2.45) is 17.1 Å². The number of hydroxylamine groups is 1. The number of urea groups is 1. The molecule has 0 fully saturated rings. The second-order valence-electron chi connectivity index (χ2n) is 9.36. The molecule has 0 aromatic heterocycles. The number of benzene rings is 1. The Balaban J connectivity index is 2.73. The summed E-state index contributed by atoms with van der Waals surface area (Å²) in [5.74, 6) is -0.363. The van der Waals surface area contributed by atoms with E-state index < -0.39 is 11.6 Å². The van der Waals surface area contributed by atoms with Crippen molar-refractivity contribution in [3.8, 4) is 0 Å². The van der Waals surface area contributed by atoms with E-state index in [4.69, 9.17) is 10.6 Å². The molecule has 7 heteroatoms. The Bertz CT molecular complexity index is 641. The Hall–Kier alpha value is -2.12. The van der Waals surface area contributed by atoms with Gasteiger partial charge in [-0.25, -0.2) is 10.3 Å². The van der Waals surface area contributed by atoms with Crippen LogP contribution in [-0.4, -0.2) is 35.3 Å². The van der Waals surface area contributed by atoms with Crippen molar-refractivity contribution in [3.05, 3.63) is 35.9 Å². The van der Waals surface area contributed by atoms with Gasteiger partial charge in [0.25, 0.3) is 0 Å². The number of primary amides is 1. The molecule has 0 bridgehead atoms. The molecule has 1 unspecified atom stereocenters. The first-order valence-electron chi connectivity index (χ1n) is 10.1. The minimum atomic E-state index is -0.617. The van der Waals surface area contributed by atoms with Crippen molar-refractivity contribution in [2.45, 2.75) is 71.9 Å². The molecule has 0 saturated carbocycles. The number of aliphatic hydroxyl groups is 1. The molecule has 29 heavy (non-hydrogen) atoms. The number of rotatable bonds is 11. The largest absolute Gasteiger partial charge is 0.396 e. The third kappa shape index (κ3) is 10.9. The predicted octanol–water partition coefficient (Wildman–Crippen LogP) is 2.92. The average Bonchev–Trinajstić information content (AvgIpc) is 2.62. The number of hydrogen-bond acceptors (Lipinski definition) is 4. The van der Waals surface area contributed by atoms with E-state index in [0.29, 0.717) is 25.7 Å². The lowest BCUT2D eigenvalue weighted by Gasteiger charge is -2.34. The highest BCUT2D eigenvalue weighted by molar-refractivity contribution is 5.74. The quantitative estimate of drug-likeness (QED) is 0.422. The van der Waals surface area contributed by atoms with Crippen LogP contribution in [0.3, 0.4) is 0 Å². The van der Waals surface area contributed by atoms with Crippen LogP contribution in [0, 0.1) is 11.3 Å². The molecule has 0 heterocycles. The lowest BCUT2D eigenvalue weighted by atomic mass is 9.77. The highest BCUT2D eigenvalue weighted by atomic mass is 16.7. The molecule has 2 atom stereocenters. The van der Waals surface area contributed by atoms with Crippen LogP contribution in [0.1, 0.15) is 59.4 Å². The van der Waals surface area contributed by atoms with Crippen LogP contribution in [0.4, 0.5) is 4.79 Å². The standard InChI is InChI=1S/C22H37N3O4/c1-21(2,3)29-25-19(27)11-12-22(4,5)14-18(24-20(23)28)17(15-26)13-16-9-7-6-8-10-16/h6-10,17-18,26H,11-15H2,1-5H3,(H,25,27)(H3,23,24,28)/t17-,18?/m1/s1. The van der Waals surface area contributed by atoms with Gasteiger partial charge in [-0.2, -0.15) is 0 Å². The topological polar surface area (TPSA) is 114 Å². The minimum Gasteiger partial charge on any atom is -0.396 e. The van der Waals surface area contributed by atoms with Gasteiger partial charge < -0.3 is 16.2 Å². The van der Waals surface area contributed by atoms with E-state index in [0.717, 1.165) is 5.56 Å². The molecular formula is C22H37N3O4. The first kappa shape index (κ1) is 24.9. The molecule has 5 N–H and O–H groups in total. The third-order valence-corrected chi connectivity index (χ3v) is 4.74. The maximum atomic E-state index is 12.1. The zero-order valence-corrected chi connectivity index (χ0v) is 18.3. The summed E-state index contributed by atoms with van der Waals surface area (Å²) < 4.78 is 0. The van der Waals surface area contributed by atoms with Crippen LogP contribution >= 0.6 is 0 Å². The third-order valence-electron chi connectivity index (χ3n) is 4.74. The number of nitrogens with one attached hydrogen (secondary N) is 2. The summed E-state index contributed by atoms with van der Waals surface area (Å²) in [5.41, 5.74) is 8.24. The fourth-order valence-corrected chi connectivity index (χ4v) is 3.18. The van der Waals surface area contributed by atoms with Gasteiger partial charge in [-0.15, -0.1) is 0 Å². The monoisotopic (exact) mass is 407 g/mol. The molecule has 7 nitrogen and oxygen atoms in total. The Morgan fingerprint density at radius 2 is 1.76 bits per heavy atom. The van der Waals surface area contributed by atoms with Crippen molar-refractivity contribution in [2.75, 3.05) is 6.61 Å². The highest BCUT2D eigenvalue weighted by Crippen LogP contribution is 2.31. The molecule has 0 aliphatic heterocycles. The predicted molar refractivity (Wildman–Crippen MR) is 114 cm³/mol. The van der Waals surface area contributed by atoms with E-state index in [1.54, 1.807) is 0 Å². The van der Waals surface area contributed by atoms with Crippen LogP contribution in [0.25, 0.3) is 0 Å². The average molecular weight is 408 g/mol.